The largest absolute Gasteiger partial charge is 0.385 e. The summed E-state index contributed by atoms with van der Waals surface area (Å²) in [6.45, 7) is 2.02. The maximum atomic E-state index is 5.48. The molecule has 0 spiro atoms. The van der Waals surface area contributed by atoms with Gasteiger partial charge in [-0.2, -0.15) is 0 Å². The van der Waals surface area contributed by atoms with Crippen molar-refractivity contribution < 1.29 is 0 Å². The summed E-state index contributed by atoms with van der Waals surface area (Å²) in [7, 11) is 0. The summed E-state index contributed by atoms with van der Waals surface area (Å²) in [6, 6.07) is 0. The van der Waals surface area contributed by atoms with Crippen molar-refractivity contribution in [2.24, 2.45) is 5.73 Å². The molecule has 0 radical (unpaired) electrons. The van der Waals surface area contributed by atoms with Crippen LogP contribution in [0.25, 0.3) is 0 Å². The number of rotatable bonds is 0. The van der Waals surface area contributed by atoms with Crippen LogP contribution in [0.1, 0.15) is 6.92 Å². The molecule has 1 rings (SSSR count). The smallest absolute Gasteiger partial charge is 0.0976 e. The Hall–Kier alpha value is -0.440. The van der Waals surface area contributed by atoms with Crippen LogP contribution in [0.2, 0.25) is 0 Å². The van der Waals surface area contributed by atoms with Gasteiger partial charge >= 0.3 is 0 Å². The second-order valence-corrected chi connectivity index (χ2v) is 3.94. The van der Waals surface area contributed by atoms with Crippen molar-refractivity contribution in [1.29, 1.82) is 0 Å². The van der Waals surface area contributed by atoms with Gasteiger partial charge in [-0.05, 0) is 19.1 Å². The first-order valence-corrected chi connectivity index (χ1v) is 3.51. The molecule has 1 heterocycles. The SMILES string of the molecule is CC1(Br)C=CNC(N)=C1. The van der Waals surface area contributed by atoms with E-state index in [1.807, 2.05) is 25.3 Å². The average molecular weight is 189 g/mol. The zero-order valence-electron chi connectivity index (χ0n) is 5.19. The van der Waals surface area contributed by atoms with Gasteiger partial charge in [0.15, 0.2) is 0 Å². The highest BCUT2D eigenvalue weighted by Crippen LogP contribution is 2.22. The minimum atomic E-state index is -0.0671. The molecule has 9 heavy (non-hydrogen) atoms. The molecule has 0 saturated carbocycles. The molecule has 3 heteroatoms. The predicted molar refractivity (Wildman–Crippen MR) is 41.9 cm³/mol. The second-order valence-electron chi connectivity index (χ2n) is 2.23. The first kappa shape index (κ1) is 6.68. The molecule has 1 atom stereocenters. The minimum absolute atomic E-state index is 0.0671. The van der Waals surface area contributed by atoms with Crippen LogP contribution in [-0.4, -0.2) is 4.32 Å². The fraction of sp³-hybridized carbons (Fsp3) is 0.333. The van der Waals surface area contributed by atoms with E-state index in [2.05, 4.69) is 21.2 Å². The summed E-state index contributed by atoms with van der Waals surface area (Å²) in [4.78, 5) is 0. The molecule has 0 saturated heterocycles. The van der Waals surface area contributed by atoms with Gasteiger partial charge in [0, 0.05) is 6.20 Å². The second kappa shape index (κ2) is 2.06. The molecule has 0 aromatic rings. The Kier molecular flexibility index (Phi) is 1.53. The molecule has 1 aliphatic heterocycles. The lowest BCUT2D eigenvalue weighted by molar-refractivity contribution is 0.893. The number of nitrogens with two attached hydrogens (primary N) is 1. The predicted octanol–water partition coefficient (Wildman–Crippen LogP) is 1.06. The maximum absolute atomic E-state index is 5.48. The number of halogens is 1. The number of hydrogen-bond acceptors (Lipinski definition) is 2. The average Bonchev–Trinajstić information content (AvgIpc) is 1.60. The van der Waals surface area contributed by atoms with Gasteiger partial charge < -0.3 is 11.1 Å². The topological polar surface area (TPSA) is 38.0 Å². The fourth-order valence-corrected chi connectivity index (χ4v) is 1.07. The molecule has 1 aliphatic rings. The lowest BCUT2D eigenvalue weighted by Gasteiger charge is -2.18. The van der Waals surface area contributed by atoms with Crippen LogP contribution < -0.4 is 11.1 Å². The standard InChI is InChI=1S/C6H9BrN2/c1-6(7)2-3-9-5(8)4-6/h2-4,9H,8H2,1H3. The minimum Gasteiger partial charge on any atom is -0.385 e. The lowest BCUT2D eigenvalue weighted by atomic mass is 10.1. The highest BCUT2D eigenvalue weighted by Gasteiger charge is 2.15. The Morgan fingerprint density at radius 1 is 1.78 bits per heavy atom. The maximum Gasteiger partial charge on any atom is 0.0976 e. The van der Waals surface area contributed by atoms with Crippen LogP contribution in [0.4, 0.5) is 0 Å². The van der Waals surface area contributed by atoms with Crippen LogP contribution in [0.15, 0.2) is 24.2 Å². The van der Waals surface area contributed by atoms with E-state index in [4.69, 9.17) is 5.73 Å². The van der Waals surface area contributed by atoms with Crippen molar-refractivity contribution in [3.8, 4) is 0 Å². The third-order valence-corrected chi connectivity index (χ3v) is 1.59. The molecule has 0 bridgehead atoms. The fourth-order valence-electron chi connectivity index (χ4n) is 0.695. The number of nitrogens with one attached hydrogen (secondary N) is 1. The summed E-state index contributed by atoms with van der Waals surface area (Å²) in [5.41, 5.74) is 5.48. The Bertz CT molecular complexity index is 170. The molecule has 0 aromatic heterocycles. The first-order chi connectivity index (χ1) is 4.10. The zero-order chi connectivity index (χ0) is 6.91. The van der Waals surface area contributed by atoms with Crippen LogP contribution in [0.5, 0.6) is 0 Å². The van der Waals surface area contributed by atoms with E-state index in [1.54, 1.807) is 0 Å². The Labute approximate surface area is 62.9 Å². The van der Waals surface area contributed by atoms with Gasteiger partial charge in [-0.25, -0.2) is 0 Å². The monoisotopic (exact) mass is 188 g/mol. The van der Waals surface area contributed by atoms with Gasteiger partial charge in [-0.3, -0.25) is 0 Å². The third-order valence-electron chi connectivity index (χ3n) is 1.10. The highest BCUT2D eigenvalue weighted by molar-refractivity contribution is 9.10. The first-order valence-electron chi connectivity index (χ1n) is 2.72. The highest BCUT2D eigenvalue weighted by atomic mass is 79.9. The van der Waals surface area contributed by atoms with Gasteiger partial charge in [-0.15, -0.1) is 0 Å². The molecule has 0 aromatic carbocycles. The van der Waals surface area contributed by atoms with E-state index < -0.39 is 0 Å². The lowest BCUT2D eigenvalue weighted by Crippen LogP contribution is -2.24. The summed E-state index contributed by atoms with van der Waals surface area (Å²) >= 11 is 3.45. The molecule has 50 valence electrons. The number of alkyl halides is 1. The van der Waals surface area contributed by atoms with E-state index in [0.717, 1.165) is 0 Å². The third kappa shape index (κ3) is 1.75. The van der Waals surface area contributed by atoms with Gasteiger partial charge in [0.1, 0.15) is 0 Å². The molecule has 2 nitrogen and oxygen atoms in total. The number of dihydropyridines is 1. The van der Waals surface area contributed by atoms with Crippen LogP contribution >= 0.6 is 15.9 Å². The van der Waals surface area contributed by atoms with E-state index in [0.29, 0.717) is 5.82 Å². The van der Waals surface area contributed by atoms with Gasteiger partial charge in [-0.1, -0.05) is 15.9 Å². The summed E-state index contributed by atoms with van der Waals surface area (Å²) < 4.78 is -0.0671. The molecule has 0 amide bonds. The normalized spacial score (nSPS) is 33.3. The molecule has 0 fully saturated rings. The van der Waals surface area contributed by atoms with Crippen molar-refractivity contribution in [2.75, 3.05) is 0 Å². The van der Waals surface area contributed by atoms with Crippen LogP contribution in [0.3, 0.4) is 0 Å². The van der Waals surface area contributed by atoms with Gasteiger partial charge in [0.2, 0.25) is 0 Å². The van der Waals surface area contributed by atoms with Gasteiger partial charge in [0.25, 0.3) is 0 Å². The van der Waals surface area contributed by atoms with Crippen molar-refractivity contribution in [1.82, 2.24) is 5.32 Å². The van der Waals surface area contributed by atoms with Gasteiger partial charge in [0.05, 0.1) is 10.1 Å². The zero-order valence-corrected chi connectivity index (χ0v) is 6.77. The summed E-state index contributed by atoms with van der Waals surface area (Å²) in [6.07, 6.45) is 5.72. The van der Waals surface area contributed by atoms with Crippen molar-refractivity contribution >= 4 is 15.9 Å². The van der Waals surface area contributed by atoms with E-state index >= 15 is 0 Å². The van der Waals surface area contributed by atoms with E-state index in [9.17, 15) is 0 Å². The summed E-state index contributed by atoms with van der Waals surface area (Å²) in [5, 5.41) is 2.87. The Morgan fingerprint density at radius 3 is 2.78 bits per heavy atom. The van der Waals surface area contributed by atoms with Crippen LogP contribution in [0, 0.1) is 0 Å². The Balaban J connectivity index is 2.78. The van der Waals surface area contributed by atoms with Crippen molar-refractivity contribution in [3.63, 3.8) is 0 Å². The van der Waals surface area contributed by atoms with Crippen LogP contribution in [-0.2, 0) is 0 Å². The molecular weight excluding hydrogens is 180 g/mol. The van der Waals surface area contributed by atoms with Crippen molar-refractivity contribution in [3.05, 3.63) is 24.2 Å². The molecule has 3 N–H and O–H groups in total. The van der Waals surface area contributed by atoms with Crippen molar-refractivity contribution in [2.45, 2.75) is 11.2 Å². The molecule has 1 unspecified atom stereocenters. The van der Waals surface area contributed by atoms with E-state index in [-0.39, 0.29) is 4.32 Å². The molecular formula is C6H9BrN2. The quantitative estimate of drug-likeness (QED) is 0.559. The number of allylic oxidation sites excluding steroid dienone is 2. The Morgan fingerprint density at radius 2 is 2.44 bits per heavy atom. The van der Waals surface area contributed by atoms with E-state index in [1.165, 1.54) is 0 Å². The number of hydrogen-bond donors (Lipinski definition) is 2. The molecule has 0 aliphatic carbocycles. The summed E-state index contributed by atoms with van der Waals surface area (Å²) in [5.74, 6) is 0.692.